The van der Waals surface area contributed by atoms with Gasteiger partial charge in [-0.1, -0.05) is 23.7 Å². The van der Waals surface area contributed by atoms with E-state index in [0.29, 0.717) is 12.6 Å². The Balaban J connectivity index is 1.16. The Morgan fingerprint density at radius 1 is 1.10 bits per heavy atom. The second-order valence-corrected chi connectivity index (χ2v) is 8.82. The SMILES string of the molecule is Clc1ccc(COCCC2CCN(c3cncc(OCC4CCCN4)c3)CC2)cc1. The molecule has 0 spiro atoms. The van der Waals surface area contributed by atoms with Gasteiger partial charge in [-0.05, 0) is 62.3 Å². The second-order valence-electron chi connectivity index (χ2n) is 8.38. The summed E-state index contributed by atoms with van der Waals surface area (Å²) in [5.41, 5.74) is 2.34. The number of ether oxygens (including phenoxy) is 2. The summed E-state index contributed by atoms with van der Waals surface area (Å²) >= 11 is 5.92. The van der Waals surface area contributed by atoms with Crippen molar-refractivity contribution in [3.63, 3.8) is 0 Å². The summed E-state index contributed by atoms with van der Waals surface area (Å²) in [6.07, 6.45) is 9.73. The summed E-state index contributed by atoms with van der Waals surface area (Å²) in [6, 6.07) is 10.5. The van der Waals surface area contributed by atoms with Crippen molar-refractivity contribution < 1.29 is 9.47 Å². The summed E-state index contributed by atoms with van der Waals surface area (Å²) in [4.78, 5) is 6.83. The Morgan fingerprint density at radius 3 is 2.70 bits per heavy atom. The van der Waals surface area contributed by atoms with Crippen LogP contribution in [-0.2, 0) is 11.3 Å². The van der Waals surface area contributed by atoms with Crippen LogP contribution in [0, 0.1) is 5.92 Å². The summed E-state index contributed by atoms with van der Waals surface area (Å²) < 4.78 is 11.8. The van der Waals surface area contributed by atoms with Crippen LogP contribution < -0.4 is 15.0 Å². The number of nitrogens with one attached hydrogen (secondary N) is 1. The molecule has 2 fully saturated rings. The maximum Gasteiger partial charge on any atom is 0.139 e. The Kier molecular flexibility index (Phi) is 7.84. The van der Waals surface area contributed by atoms with Crippen LogP contribution in [0.5, 0.6) is 5.75 Å². The maximum absolute atomic E-state index is 5.98. The zero-order chi connectivity index (χ0) is 20.6. The fourth-order valence-electron chi connectivity index (χ4n) is 4.26. The van der Waals surface area contributed by atoms with Gasteiger partial charge in [0.1, 0.15) is 12.4 Å². The Morgan fingerprint density at radius 2 is 1.93 bits per heavy atom. The molecule has 1 aromatic heterocycles. The van der Waals surface area contributed by atoms with E-state index in [1.807, 2.05) is 36.7 Å². The van der Waals surface area contributed by atoms with Crippen LogP contribution in [0.15, 0.2) is 42.7 Å². The van der Waals surface area contributed by atoms with Gasteiger partial charge in [0.15, 0.2) is 0 Å². The predicted molar refractivity (Wildman–Crippen MR) is 121 cm³/mol. The van der Waals surface area contributed by atoms with E-state index in [9.17, 15) is 0 Å². The Labute approximate surface area is 184 Å². The number of hydrogen-bond acceptors (Lipinski definition) is 5. The van der Waals surface area contributed by atoms with Gasteiger partial charge in [-0.2, -0.15) is 0 Å². The van der Waals surface area contributed by atoms with Crippen LogP contribution in [0.3, 0.4) is 0 Å². The van der Waals surface area contributed by atoms with Gasteiger partial charge in [0.25, 0.3) is 0 Å². The van der Waals surface area contributed by atoms with Crippen molar-refractivity contribution in [2.24, 2.45) is 5.92 Å². The van der Waals surface area contributed by atoms with Gasteiger partial charge in [-0.15, -0.1) is 0 Å². The molecule has 0 radical (unpaired) electrons. The lowest BCUT2D eigenvalue weighted by Gasteiger charge is -2.33. The highest BCUT2D eigenvalue weighted by Gasteiger charge is 2.20. The lowest BCUT2D eigenvalue weighted by atomic mass is 9.94. The molecule has 30 heavy (non-hydrogen) atoms. The van der Waals surface area contributed by atoms with Crippen molar-refractivity contribution in [2.75, 3.05) is 37.7 Å². The largest absolute Gasteiger partial charge is 0.490 e. The lowest BCUT2D eigenvalue weighted by molar-refractivity contribution is 0.104. The molecule has 2 aliphatic rings. The molecule has 1 atom stereocenters. The van der Waals surface area contributed by atoms with E-state index in [1.54, 1.807) is 0 Å². The molecule has 3 heterocycles. The minimum absolute atomic E-state index is 0.478. The van der Waals surface area contributed by atoms with Crippen LogP contribution >= 0.6 is 11.6 Å². The fourth-order valence-corrected chi connectivity index (χ4v) is 4.38. The van der Waals surface area contributed by atoms with Gasteiger partial charge >= 0.3 is 0 Å². The van der Waals surface area contributed by atoms with Crippen molar-refractivity contribution in [2.45, 2.75) is 44.8 Å². The van der Waals surface area contributed by atoms with E-state index in [4.69, 9.17) is 21.1 Å². The van der Waals surface area contributed by atoms with Gasteiger partial charge in [0.05, 0.1) is 24.7 Å². The Hall–Kier alpha value is -1.82. The number of halogens is 1. The quantitative estimate of drug-likeness (QED) is 0.586. The van der Waals surface area contributed by atoms with Crippen LogP contribution in [-0.4, -0.2) is 43.9 Å². The first-order valence-corrected chi connectivity index (χ1v) is 11.5. The first-order chi connectivity index (χ1) is 14.8. The first kappa shape index (κ1) is 21.4. The van der Waals surface area contributed by atoms with Gasteiger partial charge < -0.3 is 19.7 Å². The Bertz CT molecular complexity index is 772. The summed E-state index contributed by atoms with van der Waals surface area (Å²) in [7, 11) is 0. The molecular formula is C24H32ClN3O2. The molecule has 2 saturated heterocycles. The van der Waals surface area contributed by atoms with Gasteiger partial charge in [0, 0.05) is 36.8 Å². The third-order valence-corrected chi connectivity index (χ3v) is 6.40. The van der Waals surface area contributed by atoms with E-state index in [0.717, 1.165) is 56.0 Å². The van der Waals surface area contributed by atoms with Crippen molar-refractivity contribution >= 4 is 17.3 Å². The van der Waals surface area contributed by atoms with Gasteiger partial charge in [-0.25, -0.2) is 0 Å². The maximum atomic E-state index is 5.98. The molecule has 6 heteroatoms. The molecule has 2 aromatic rings. The van der Waals surface area contributed by atoms with E-state index in [2.05, 4.69) is 21.3 Å². The molecule has 0 aliphatic carbocycles. The van der Waals surface area contributed by atoms with E-state index in [1.165, 1.54) is 36.9 Å². The van der Waals surface area contributed by atoms with Crippen molar-refractivity contribution in [3.8, 4) is 5.75 Å². The number of rotatable bonds is 9. The summed E-state index contributed by atoms with van der Waals surface area (Å²) in [6.45, 7) is 5.43. The minimum atomic E-state index is 0.478. The smallest absolute Gasteiger partial charge is 0.139 e. The molecule has 1 unspecified atom stereocenters. The third-order valence-electron chi connectivity index (χ3n) is 6.14. The molecule has 5 nitrogen and oxygen atoms in total. The average Bonchev–Trinajstić information content (AvgIpc) is 3.31. The van der Waals surface area contributed by atoms with Crippen LogP contribution in [0.4, 0.5) is 5.69 Å². The number of nitrogens with zero attached hydrogens (tertiary/aromatic N) is 2. The number of piperidine rings is 1. The summed E-state index contributed by atoms with van der Waals surface area (Å²) in [5.74, 6) is 1.60. The van der Waals surface area contributed by atoms with E-state index >= 15 is 0 Å². The van der Waals surface area contributed by atoms with Crippen LogP contribution in [0.1, 0.15) is 37.7 Å². The minimum Gasteiger partial charge on any atom is -0.490 e. The highest BCUT2D eigenvalue weighted by molar-refractivity contribution is 6.30. The molecule has 1 N–H and O–H groups in total. The zero-order valence-electron chi connectivity index (χ0n) is 17.6. The lowest BCUT2D eigenvalue weighted by Crippen LogP contribution is -2.34. The second kappa shape index (κ2) is 11.0. The predicted octanol–water partition coefficient (Wildman–Crippen LogP) is 4.69. The zero-order valence-corrected chi connectivity index (χ0v) is 18.3. The molecular weight excluding hydrogens is 398 g/mol. The number of pyridine rings is 1. The average molecular weight is 430 g/mol. The third kappa shape index (κ3) is 6.34. The molecule has 2 aliphatic heterocycles. The molecule has 0 bridgehead atoms. The molecule has 0 saturated carbocycles. The molecule has 1 aromatic carbocycles. The highest BCUT2D eigenvalue weighted by atomic mass is 35.5. The topological polar surface area (TPSA) is 46.6 Å². The van der Waals surface area contributed by atoms with Crippen molar-refractivity contribution in [1.82, 2.24) is 10.3 Å². The van der Waals surface area contributed by atoms with Gasteiger partial charge in [-0.3, -0.25) is 4.98 Å². The number of anilines is 1. The number of benzene rings is 1. The molecule has 4 rings (SSSR count). The van der Waals surface area contributed by atoms with Crippen molar-refractivity contribution in [1.29, 1.82) is 0 Å². The fraction of sp³-hybridized carbons (Fsp3) is 0.542. The molecule has 0 amide bonds. The normalized spacial score (nSPS) is 19.9. The van der Waals surface area contributed by atoms with Crippen LogP contribution in [0.25, 0.3) is 0 Å². The van der Waals surface area contributed by atoms with Gasteiger partial charge in [0.2, 0.25) is 0 Å². The number of aromatic nitrogens is 1. The summed E-state index contributed by atoms with van der Waals surface area (Å²) in [5, 5.41) is 4.24. The van der Waals surface area contributed by atoms with E-state index < -0.39 is 0 Å². The standard InChI is InChI=1S/C24H32ClN3O2/c25-21-5-3-20(4-6-21)17-29-13-9-19-7-11-28(12-8-19)23-14-24(16-26-15-23)30-18-22-2-1-10-27-22/h3-6,14-16,19,22,27H,1-2,7-13,17-18H2. The monoisotopic (exact) mass is 429 g/mol. The highest BCUT2D eigenvalue weighted by Crippen LogP contribution is 2.27. The van der Waals surface area contributed by atoms with Crippen molar-refractivity contribution in [3.05, 3.63) is 53.3 Å². The van der Waals surface area contributed by atoms with Crippen LogP contribution in [0.2, 0.25) is 5.02 Å². The first-order valence-electron chi connectivity index (χ1n) is 11.1. The number of hydrogen-bond donors (Lipinski definition) is 1. The molecule has 162 valence electrons. The van der Waals surface area contributed by atoms with E-state index in [-0.39, 0.29) is 0 Å².